The molecule has 0 aromatic rings. The van der Waals surface area contributed by atoms with Gasteiger partial charge in [-0.05, 0) is 57.8 Å². The van der Waals surface area contributed by atoms with Crippen LogP contribution in [0.1, 0.15) is 78.1 Å². The minimum absolute atomic E-state index is 0.969. The largest absolute Gasteiger partial charge is 0.0769 e. The average molecular weight is 220 g/mol. The lowest BCUT2D eigenvalue weighted by Crippen LogP contribution is -2.22. The standard InChI is InChI=1S/C16H28/c1-13(2)15-12-8-10-14-9-6-4-3-5-7-11-16(14)15/h14,16H,3-12H2,1-2H3. The third-order valence-electron chi connectivity index (χ3n) is 4.77. The first-order valence-corrected chi connectivity index (χ1v) is 7.45. The number of hydrogen-bond acceptors (Lipinski definition) is 0. The maximum atomic E-state index is 2.34. The van der Waals surface area contributed by atoms with Gasteiger partial charge in [0.1, 0.15) is 0 Å². The highest BCUT2D eigenvalue weighted by molar-refractivity contribution is 5.16. The lowest BCUT2D eigenvalue weighted by atomic mass is 9.71. The third kappa shape index (κ3) is 2.90. The quantitative estimate of drug-likeness (QED) is 0.474. The molecule has 2 unspecified atom stereocenters. The van der Waals surface area contributed by atoms with Crippen molar-refractivity contribution in [3.05, 3.63) is 11.1 Å². The molecule has 2 aliphatic rings. The summed E-state index contributed by atoms with van der Waals surface area (Å²) >= 11 is 0. The van der Waals surface area contributed by atoms with Crippen molar-refractivity contribution in [3.63, 3.8) is 0 Å². The van der Waals surface area contributed by atoms with E-state index in [1.165, 1.54) is 64.2 Å². The molecule has 16 heavy (non-hydrogen) atoms. The summed E-state index contributed by atoms with van der Waals surface area (Å²) < 4.78 is 0. The number of allylic oxidation sites excluding steroid dienone is 2. The van der Waals surface area contributed by atoms with E-state index in [1.807, 2.05) is 5.57 Å². The Bertz CT molecular complexity index is 245. The number of fused-ring (bicyclic) bond motifs is 1. The predicted molar refractivity (Wildman–Crippen MR) is 71.5 cm³/mol. The van der Waals surface area contributed by atoms with Gasteiger partial charge in [0.05, 0.1) is 0 Å². The molecule has 2 rings (SSSR count). The Morgan fingerprint density at radius 2 is 1.44 bits per heavy atom. The van der Waals surface area contributed by atoms with Crippen LogP contribution in [-0.2, 0) is 0 Å². The van der Waals surface area contributed by atoms with Gasteiger partial charge in [-0.15, -0.1) is 0 Å². The van der Waals surface area contributed by atoms with Gasteiger partial charge in [-0.25, -0.2) is 0 Å². The first-order chi connectivity index (χ1) is 7.79. The van der Waals surface area contributed by atoms with E-state index in [2.05, 4.69) is 13.8 Å². The van der Waals surface area contributed by atoms with E-state index in [1.54, 1.807) is 5.57 Å². The van der Waals surface area contributed by atoms with Crippen LogP contribution >= 0.6 is 0 Å². The van der Waals surface area contributed by atoms with Crippen LogP contribution in [0.3, 0.4) is 0 Å². The van der Waals surface area contributed by atoms with Gasteiger partial charge >= 0.3 is 0 Å². The minimum Gasteiger partial charge on any atom is -0.0769 e. The summed E-state index contributed by atoms with van der Waals surface area (Å²) in [5, 5.41) is 0. The summed E-state index contributed by atoms with van der Waals surface area (Å²) in [6.07, 6.45) is 14.8. The highest BCUT2D eigenvalue weighted by Gasteiger charge is 2.28. The molecule has 0 nitrogen and oxygen atoms in total. The van der Waals surface area contributed by atoms with Gasteiger partial charge < -0.3 is 0 Å². The zero-order valence-corrected chi connectivity index (χ0v) is 11.2. The van der Waals surface area contributed by atoms with Crippen LogP contribution < -0.4 is 0 Å². The van der Waals surface area contributed by atoms with Crippen molar-refractivity contribution >= 4 is 0 Å². The zero-order chi connectivity index (χ0) is 11.4. The topological polar surface area (TPSA) is 0 Å². The monoisotopic (exact) mass is 220 g/mol. The van der Waals surface area contributed by atoms with Gasteiger partial charge in [0.2, 0.25) is 0 Å². The average Bonchev–Trinajstić information content (AvgIpc) is 2.39. The summed E-state index contributed by atoms with van der Waals surface area (Å²) in [4.78, 5) is 0. The molecule has 2 atom stereocenters. The first-order valence-electron chi connectivity index (χ1n) is 7.45. The molecule has 0 amide bonds. The molecule has 2 aliphatic carbocycles. The van der Waals surface area contributed by atoms with E-state index in [0.29, 0.717) is 0 Å². The van der Waals surface area contributed by atoms with E-state index < -0.39 is 0 Å². The zero-order valence-electron chi connectivity index (χ0n) is 11.2. The summed E-state index contributed by atoms with van der Waals surface area (Å²) in [7, 11) is 0. The van der Waals surface area contributed by atoms with E-state index in [-0.39, 0.29) is 0 Å². The first kappa shape index (κ1) is 12.2. The van der Waals surface area contributed by atoms with Gasteiger partial charge in [0.15, 0.2) is 0 Å². The molecule has 0 radical (unpaired) electrons. The Balaban J connectivity index is 2.11. The molecule has 0 aromatic carbocycles. The van der Waals surface area contributed by atoms with Crippen molar-refractivity contribution in [1.29, 1.82) is 0 Å². The second-order valence-electron chi connectivity index (χ2n) is 6.13. The number of rotatable bonds is 0. The lowest BCUT2D eigenvalue weighted by Gasteiger charge is -2.35. The normalized spacial score (nSPS) is 32.2. The highest BCUT2D eigenvalue weighted by atomic mass is 14.3. The highest BCUT2D eigenvalue weighted by Crippen LogP contribution is 2.42. The Morgan fingerprint density at radius 1 is 0.812 bits per heavy atom. The van der Waals surface area contributed by atoms with Crippen LogP contribution in [-0.4, -0.2) is 0 Å². The molecule has 0 heteroatoms. The fourth-order valence-electron chi connectivity index (χ4n) is 3.90. The third-order valence-corrected chi connectivity index (χ3v) is 4.77. The SMILES string of the molecule is CC(C)=C1CCCC2CCCCCCCC12. The molecule has 2 fully saturated rings. The molecule has 0 bridgehead atoms. The second kappa shape index (κ2) is 5.89. The van der Waals surface area contributed by atoms with Crippen LogP contribution in [0.15, 0.2) is 11.1 Å². The minimum atomic E-state index is 0.969. The smallest absolute Gasteiger partial charge is 0.0172 e. The summed E-state index contributed by atoms with van der Waals surface area (Å²) in [6, 6.07) is 0. The summed E-state index contributed by atoms with van der Waals surface area (Å²) in [5.74, 6) is 2.01. The van der Waals surface area contributed by atoms with Gasteiger partial charge in [0, 0.05) is 0 Å². The van der Waals surface area contributed by atoms with Gasteiger partial charge in [-0.1, -0.05) is 43.3 Å². The van der Waals surface area contributed by atoms with Gasteiger partial charge in [-0.2, -0.15) is 0 Å². The fraction of sp³-hybridized carbons (Fsp3) is 0.875. The molecular weight excluding hydrogens is 192 g/mol. The molecule has 0 heterocycles. The van der Waals surface area contributed by atoms with Crippen LogP contribution in [0.25, 0.3) is 0 Å². The summed E-state index contributed by atoms with van der Waals surface area (Å²) in [5.41, 5.74) is 3.48. The molecule has 92 valence electrons. The van der Waals surface area contributed by atoms with Crippen molar-refractivity contribution in [2.75, 3.05) is 0 Å². The second-order valence-corrected chi connectivity index (χ2v) is 6.13. The summed E-state index contributed by atoms with van der Waals surface area (Å²) in [6.45, 7) is 4.68. The van der Waals surface area contributed by atoms with E-state index >= 15 is 0 Å². The van der Waals surface area contributed by atoms with Crippen molar-refractivity contribution in [1.82, 2.24) is 0 Å². The van der Waals surface area contributed by atoms with E-state index in [0.717, 1.165) is 11.8 Å². The molecule has 0 N–H and O–H groups in total. The Hall–Kier alpha value is -0.260. The Kier molecular flexibility index (Phi) is 4.49. The maximum Gasteiger partial charge on any atom is -0.0172 e. The van der Waals surface area contributed by atoms with Crippen LogP contribution in [0.2, 0.25) is 0 Å². The van der Waals surface area contributed by atoms with Crippen molar-refractivity contribution < 1.29 is 0 Å². The Morgan fingerprint density at radius 3 is 2.19 bits per heavy atom. The number of hydrogen-bond donors (Lipinski definition) is 0. The van der Waals surface area contributed by atoms with Crippen molar-refractivity contribution in [3.8, 4) is 0 Å². The van der Waals surface area contributed by atoms with Gasteiger partial charge in [-0.3, -0.25) is 0 Å². The molecule has 0 spiro atoms. The van der Waals surface area contributed by atoms with Crippen LogP contribution in [0, 0.1) is 11.8 Å². The van der Waals surface area contributed by atoms with E-state index in [4.69, 9.17) is 0 Å². The molecule has 0 aromatic heterocycles. The molecule has 2 saturated carbocycles. The van der Waals surface area contributed by atoms with Crippen LogP contribution in [0.5, 0.6) is 0 Å². The van der Waals surface area contributed by atoms with E-state index in [9.17, 15) is 0 Å². The fourth-order valence-corrected chi connectivity index (χ4v) is 3.90. The van der Waals surface area contributed by atoms with Crippen LogP contribution in [0.4, 0.5) is 0 Å². The molecule has 0 aliphatic heterocycles. The van der Waals surface area contributed by atoms with Gasteiger partial charge in [0.25, 0.3) is 0 Å². The van der Waals surface area contributed by atoms with Crippen molar-refractivity contribution in [2.45, 2.75) is 78.1 Å². The van der Waals surface area contributed by atoms with Crippen molar-refractivity contribution in [2.24, 2.45) is 11.8 Å². The predicted octanol–water partition coefficient (Wildman–Crippen LogP) is 5.48. The maximum absolute atomic E-state index is 2.34. The molecular formula is C16H28. The lowest BCUT2D eigenvalue weighted by molar-refractivity contribution is 0.266. The molecule has 0 saturated heterocycles. The Labute approximate surface area is 102 Å².